The van der Waals surface area contributed by atoms with Crippen LogP contribution in [0.5, 0.6) is 0 Å². The number of likely N-dealkylation sites (N-methyl/N-ethyl adjacent to an activating group) is 1. The van der Waals surface area contributed by atoms with Crippen molar-refractivity contribution < 1.29 is 0 Å². The average molecular weight is 255 g/mol. The monoisotopic (exact) mass is 254 g/mol. The van der Waals surface area contributed by atoms with E-state index in [0.29, 0.717) is 12.1 Å². The lowest BCUT2D eigenvalue weighted by atomic mass is 10.1. The summed E-state index contributed by atoms with van der Waals surface area (Å²) in [6.45, 7) is 5.46. The van der Waals surface area contributed by atoms with Gasteiger partial charge in [-0.3, -0.25) is 0 Å². The molecule has 0 saturated carbocycles. The first-order valence-electron chi connectivity index (χ1n) is 6.13. The topological polar surface area (TPSA) is 15.3 Å². The van der Waals surface area contributed by atoms with Crippen molar-refractivity contribution in [3.63, 3.8) is 0 Å². The third-order valence-electron chi connectivity index (χ3n) is 3.10. The fourth-order valence-electron chi connectivity index (χ4n) is 1.60. The summed E-state index contributed by atoms with van der Waals surface area (Å²) in [6, 6.07) is 9.13. The van der Waals surface area contributed by atoms with Gasteiger partial charge in [0.05, 0.1) is 0 Å². The summed E-state index contributed by atoms with van der Waals surface area (Å²) >= 11 is 5.86. The summed E-state index contributed by atoms with van der Waals surface area (Å²) in [7, 11) is 4.21. The van der Waals surface area contributed by atoms with E-state index < -0.39 is 0 Å². The van der Waals surface area contributed by atoms with Crippen molar-refractivity contribution in [3.8, 4) is 0 Å². The first kappa shape index (κ1) is 14.5. The van der Waals surface area contributed by atoms with Crippen LogP contribution in [-0.4, -0.2) is 37.6 Å². The first-order chi connectivity index (χ1) is 7.99. The smallest absolute Gasteiger partial charge is 0.0406 e. The number of halogens is 1. The normalized spacial score (nSPS) is 14.9. The highest BCUT2D eigenvalue weighted by Gasteiger charge is 2.07. The highest BCUT2D eigenvalue weighted by molar-refractivity contribution is 6.30. The van der Waals surface area contributed by atoms with E-state index in [0.717, 1.165) is 18.0 Å². The van der Waals surface area contributed by atoms with Gasteiger partial charge >= 0.3 is 0 Å². The van der Waals surface area contributed by atoms with E-state index in [4.69, 9.17) is 11.6 Å². The molecule has 0 spiro atoms. The highest BCUT2D eigenvalue weighted by atomic mass is 35.5. The summed E-state index contributed by atoms with van der Waals surface area (Å²) in [6.07, 6.45) is 1.04. The van der Waals surface area contributed by atoms with Crippen LogP contribution in [0.4, 0.5) is 0 Å². The molecule has 3 heteroatoms. The van der Waals surface area contributed by atoms with Crippen LogP contribution in [0.15, 0.2) is 24.3 Å². The maximum Gasteiger partial charge on any atom is 0.0406 e. The third-order valence-corrected chi connectivity index (χ3v) is 3.35. The van der Waals surface area contributed by atoms with E-state index in [1.165, 1.54) is 5.56 Å². The molecule has 0 aliphatic heterocycles. The van der Waals surface area contributed by atoms with Crippen molar-refractivity contribution in [2.75, 3.05) is 20.6 Å². The van der Waals surface area contributed by atoms with Gasteiger partial charge in [0.2, 0.25) is 0 Å². The second-order valence-corrected chi connectivity index (χ2v) is 5.39. The molecular weight excluding hydrogens is 232 g/mol. The van der Waals surface area contributed by atoms with Crippen LogP contribution in [0.3, 0.4) is 0 Å². The zero-order valence-electron chi connectivity index (χ0n) is 11.2. The van der Waals surface area contributed by atoms with Gasteiger partial charge in [-0.1, -0.05) is 23.7 Å². The largest absolute Gasteiger partial charge is 0.312 e. The average Bonchev–Trinajstić information content (AvgIpc) is 2.29. The van der Waals surface area contributed by atoms with Crippen LogP contribution in [0.25, 0.3) is 0 Å². The minimum atomic E-state index is 0.485. The Bertz CT molecular complexity index is 321. The van der Waals surface area contributed by atoms with Crippen LogP contribution in [0.1, 0.15) is 19.4 Å². The number of rotatable bonds is 6. The van der Waals surface area contributed by atoms with Gasteiger partial charge < -0.3 is 10.2 Å². The van der Waals surface area contributed by atoms with E-state index in [2.05, 4.69) is 50.3 Å². The van der Waals surface area contributed by atoms with Gasteiger partial charge in [0, 0.05) is 23.7 Å². The van der Waals surface area contributed by atoms with Crippen molar-refractivity contribution in [1.29, 1.82) is 0 Å². The Labute approximate surface area is 110 Å². The Hall–Kier alpha value is -0.570. The Morgan fingerprint density at radius 1 is 1.18 bits per heavy atom. The molecule has 0 aromatic heterocycles. The van der Waals surface area contributed by atoms with Gasteiger partial charge in [0.15, 0.2) is 0 Å². The van der Waals surface area contributed by atoms with Crippen LogP contribution >= 0.6 is 11.6 Å². The van der Waals surface area contributed by atoms with Crippen molar-refractivity contribution >= 4 is 11.6 Å². The van der Waals surface area contributed by atoms with Gasteiger partial charge in [-0.15, -0.1) is 0 Å². The summed E-state index contributed by atoms with van der Waals surface area (Å²) in [4.78, 5) is 2.22. The lowest BCUT2D eigenvalue weighted by Crippen LogP contribution is -2.40. The molecule has 1 rings (SSSR count). The lowest BCUT2D eigenvalue weighted by molar-refractivity contribution is 0.295. The molecule has 2 unspecified atom stereocenters. The minimum Gasteiger partial charge on any atom is -0.312 e. The molecule has 1 N–H and O–H groups in total. The van der Waals surface area contributed by atoms with E-state index in [9.17, 15) is 0 Å². The fraction of sp³-hybridized carbons (Fsp3) is 0.571. The van der Waals surface area contributed by atoms with Gasteiger partial charge in [0.25, 0.3) is 0 Å². The second kappa shape index (κ2) is 7.00. The quantitative estimate of drug-likeness (QED) is 0.840. The van der Waals surface area contributed by atoms with Crippen LogP contribution in [-0.2, 0) is 6.42 Å². The van der Waals surface area contributed by atoms with Gasteiger partial charge in [0.1, 0.15) is 0 Å². The SMILES string of the molecule is CC(Cc1ccc(Cl)cc1)NCC(C)N(C)C. The summed E-state index contributed by atoms with van der Waals surface area (Å²) in [5.41, 5.74) is 1.33. The zero-order valence-corrected chi connectivity index (χ0v) is 12.0. The Balaban J connectivity index is 2.34. The van der Waals surface area contributed by atoms with Gasteiger partial charge in [-0.2, -0.15) is 0 Å². The number of nitrogens with one attached hydrogen (secondary N) is 1. The molecule has 1 aromatic rings. The molecule has 96 valence electrons. The molecule has 2 atom stereocenters. The lowest BCUT2D eigenvalue weighted by Gasteiger charge is -2.22. The Morgan fingerprint density at radius 3 is 2.29 bits per heavy atom. The molecule has 0 fully saturated rings. The predicted molar refractivity (Wildman–Crippen MR) is 75.8 cm³/mol. The maximum absolute atomic E-state index is 5.86. The molecule has 0 bridgehead atoms. The number of hydrogen-bond acceptors (Lipinski definition) is 2. The second-order valence-electron chi connectivity index (χ2n) is 4.95. The molecular formula is C14H23ClN2. The number of nitrogens with zero attached hydrogens (tertiary/aromatic N) is 1. The number of hydrogen-bond donors (Lipinski definition) is 1. The van der Waals surface area contributed by atoms with Crippen LogP contribution in [0, 0.1) is 0 Å². The predicted octanol–water partition coefficient (Wildman–Crippen LogP) is 2.81. The molecule has 1 aromatic carbocycles. The molecule has 2 nitrogen and oxygen atoms in total. The summed E-state index contributed by atoms with van der Waals surface area (Å²) < 4.78 is 0. The molecule has 0 radical (unpaired) electrons. The Morgan fingerprint density at radius 2 is 1.76 bits per heavy atom. The van der Waals surface area contributed by atoms with E-state index in [1.807, 2.05) is 12.1 Å². The third kappa shape index (κ3) is 5.53. The molecule has 0 heterocycles. The summed E-state index contributed by atoms with van der Waals surface area (Å²) in [5.74, 6) is 0. The standard InChI is InChI=1S/C14H23ClN2/c1-11(16-10-12(2)17(3)4)9-13-5-7-14(15)8-6-13/h5-8,11-12,16H,9-10H2,1-4H3. The fourth-order valence-corrected chi connectivity index (χ4v) is 1.73. The van der Waals surface area contributed by atoms with Crippen molar-refractivity contribution in [2.45, 2.75) is 32.4 Å². The van der Waals surface area contributed by atoms with Gasteiger partial charge in [-0.25, -0.2) is 0 Å². The van der Waals surface area contributed by atoms with Crippen molar-refractivity contribution in [1.82, 2.24) is 10.2 Å². The molecule has 0 aliphatic carbocycles. The zero-order chi connectivity index (χ0) is 12.8. The van der Waals surface area contributed by atoms with E-state index >= 15 is 0 Å². The van der Waals surface area contributed by atoms with E-state index in [1.54, 1.807) is 0 Å². The highest BCUT2D eigenvalue weighted by Crippen LogP contribution is 2.11. The van der Waals surface area contributed by atoms with Crippen LogP contribution < -0.4 is 5.32 Å². The van der Waals surface area contributed by atoms with Crippen molar-refractivity contribution in [3.05, 3.63) is 34.9 Å². The molecule has 17 heavy (non-hydrogen) atoms. The van der Waals surface area contributed by atoms with Crippen LogP contribution in [0.2, 0.25) is 5.02 Å². The first-order valence-corrected chi connectivity index (χ1v) is 6.51. The molecule has 0 aliphatic rings. The minimum absolute atomic E-state index is 0.485. The summed E-state index contributed by atoms with van der Waals surface area (Å²) in [5, 5.41) is 4.35. The van der Waals surface area contributed by atoms with Crippen molar-refractivity contribution in [2.24, 2.45) is 0 Å². The molecule has 0 saturated heterocycles. The molecule has 0 amide bonds. The maximum atomic E-state index is 5.86. The van der Waals surface area contributed by atoms with Gasteiger partial charge in [-0.05, 0) is 52.1 Å². The van der Waals surface area contributed by atoms with E-state index in [-0.39, 0.29) is 0 Å². The Kier molecular flexibility index (Phi) is 5.96. The number of benzene rings is 1.